The van der Waals surface area contributed by atoms with Crippen molar-refractivity contribution in [3.05, 3.63) is 29.8 Å². The number of aryl methyl sites for hydroxylation is 1. The van der Waals surface area contributed by atoms with Crippen molar-refractivity contribution in [3.63, 3.8) is 0 Å². The van der Waals surface area contributed by atoms with Gasteiger partial charge in [0.1, 0.15) is 5.75 Å². The van der Waals surface area contributed by atoms with E-state index in [9.17, 15) is 5.11 Å². The summed E-state index contributed by atoms with van der Waals surface area (Å²) in [4.78, 5) is 0. The van der Waals surface area contributed by atoms with Gasteiger partial charge in [-0.25, -0.2) is 0 Å². The fourth-order valence-electron chi connectivity index (χ4n) is 1.86. The van der Waals surface area contributed by atoms with Gasteiger partial charge < -0.3 is 15.2 Å². The minimum absolute atomic E-state index is 0.170. The third-order valence-corrected chi connectivity index (χ3v) is 3.28. The molecule has 1 unspecified atom stereocenters. The topological polar surface area (TPSA) is 41.5 Å². The SMILES string of the molecule is CCCNC(C)(CO)CCc1ccc(OC)cc1. The number of aliphatic hydroxyl groups is 1. The molecule has 0 bridgehead atoms. The first kappa shape index (κ1) is 15.0. The molecule has 0 aromatic heterocycles. The molecule has 2 N–H and O–H groups in total. The van der Waals surface area contributed by atoms with Crippen LogP contribution in [0.15, 0.2) is 24.3 Å². The van der Waals surface area contributed by atoms with E-state index in [-0.39, 0.29) is 12.1 Å². The van der Waals surface area contributed by atoms with Crippen molar-refractivity contribution in [1.82, 2.24) is 5.32 Å². The Labute approximate surface area is 110 Å². The second kappa shape index (κ2) is 7.39. The average molecular weight is 251 g/mol. The lowest BCUT2D eigenvalue weighted by Gasteiger charge is -2.29. The summed E-state index contributed by atoms with van der Waals surface area (Å²) >= 11 is 0. The van der Waals surface area contributed by atoms with Crippen LogP contribution >= 0.6 is 0 Å². The Morgan fingerprint density at radius 1 is 1.28 bits per heavy atom. The normalized spacial score (nSPS) is 14.2. The maximum atomic E-state index is 9.49. The highest BCUT2D eigenvalue weighted by molar-refractivity contribution is 5.27. The summed E-state index contributed by atoms with van der Waals surface area (Å²) in [5, 5.41) is 12.9. The zero-order valence-electron chi connectivity index (χ0n) is 11.7. The molecule has 0 heterocycles. The van der Waals surface area contributed by atoms with Gasteiger partial charge in [0.2, 0.25) is 0 Å². The van der Waals surface area contributed by atoms with Crippen molar-refractivity contribution in [2.24, 2.45) is 0 Å². The summed E-state index contributed by atoms with van der Waals surface area (Å²) in [7, 11) is 1.67. The monoisotopic (exact) mass is 251 g/mol. The Balaban J connectivity index is 2.50. The minimum atomic E-state index is -0.185. The van der Waals surface area contributed by atoms with Crippen LogP contribution < -0.4 is 10.1 Å². The van der Waals surface area contributed by atoms with Crippen LogP contribution in [0.3, 0.4) is 0 Å². The Hall–Kier alpha value is -1.06. The molecular weight excluding hydrogens is 226 g/mol. The first-order chi connectivity index (χ1) is 8.63. The fourth-order valence-corrected chi connectivity index (χ4v) is 1.86. The Morgan fingerprint density at radius 3 is 2.44 bits per heavy atom. The maximum absolute atomic E-state index is 9.49. The van der Waals surface area contributed by atoms with Crippen LogP contribution in [-0.4, -0.2) is 30.9 Å². The van der Waals surface area contributed by atoms with Crippen LogP contribution in [0.1, 0.15) is 32.3 Å². The smallest absolute Gasteiger partial charge is 0.118 e. The molecule has 0 aliphatic rings. The molecule has 1 aromatic carbocycles. The van der Waals surface area contributed by atoms with E-state index in [0.29, 0.717) is 0 Å². The van der Waals surface area contributed by atoms with Crippen LogP contribution in [0.5, 0.6) is 5.75 Å². The van der Waals surface area contributed by atoms with Crippen LogP contribution in [0.4, 0.5) is 0 Å². The first-order valence-corrected chi connectivity index (χ1v) is 6.62. The van der Waals surface area contributed by atoms with Gasteiger partial charge in [0.05, 0.1) is 13.7 Å². The van der Waals surface area contributed by atoms with Crippen molar-refractivity contribution < 1.29 is 9.84 Å². The van der Waals surface area contributed by atoms with Gasteiger partial charge in [0, 0.05) is 5.54 Å². The molecule has 0 fully saturated rings. The van der Waals surface area contributed by atoms with Crippen molar-refractivity contribution in [1.29, 1.82) is 0 Å². The van der Waals surface area contributed by atoms with Crippen LogP contribution in [-0.2, 0) is 6.42 Å². The standard InChI is InChI=1S/C15H25NO2/c1-4-11-16-15(2,12-17)10-9-13-5-7-14(18-3)8-6-13/h5-8,16-17H,4,9-12H2,1-3H3. The summed E-state index contributed by atoms with van der Waals surface area (Å²) in [5.74, 6) is 0.882. The molecule has 0 radical (unpaired) electrons. The van der Waals surface area contributed by atoms with E-state index in [0.717, 1.165) is 31.6 Å². The van der Waals surface area contributed by atoms with Crippen LogP contribution in [0.25, 0.3) is 0 Å². The fraction of sp³-hybridized carbons (Fsp3) is 0.600. The summed E-state index contributed by atoms with van der Waals surface area (Å²) in [6.45, 7) is 5.32. The quantitative estimate of drug-likeness (QED) is 0.745. The number of ether oxygens (including phenoxy) is 1. The highest BCUT2D eigenvalue weighted by atomic mass is 16.5. The van der Waals surface area contributed by atoms with E-state index in [2.05, 4.69) is 31.3 Å². The molecule has 0 amide bonds. The van der Waals surface area contributed by atoms with Crippen LogP contribution in [0, 0.1) is 0 Å². The highest BCUT2D eigenvalue weighted by Crippen LogP contribution is 2.17. The van der Waals surface area contributed by atoms with Gasteiger partial charge in [-0.05, 0) is 50.4 Å². The van der Waals surface area contributed by atoms with Gasteiger partial charge in [-0.2, -0.15) is 0 Å². The molecule has 1 rings (SSSR count). The zero-order valence-corrected chi connectivity index (χ0v) is 11.7. The van der Waals surface area contributed by atoms with E-state index in [1.54, 1.807) is 7.11 Å². The van der Waals surface area contributed by atoms with Crippen molar-refractivity contribution in [2.75, 3.05) is 20.3 Å². The molecular formula is C15H25NO2. The van der Waals surface area contributed by atoms with Crippen molar-refractivity contribution >= 4 is 0 Å². The molecule has 0 saturated heterocycles. The molecule has 0 aliphatic heterocycles. The Morgan fingerprint density at radius 2 is 1.94 bits per heavy atom. The number of aliphatic hydroxyl groups excluding tert-OH is 1. The number of hydrogen-bond donors (Lipinski definition) is 2. The summed E-state index contributed by atoms with van der Waals surface area (Å²) in [5.41, 5.74) is 1.09. The lowest BCUT2D eigenvalue weighted by atomic mass is 9.94. The molecule has 18 heavy (non-hydrogen) atoms. The third kappa shape index (κ3) is 4.67. The molecule has 0 saturated carbocycles. The van der Waals surface area contributed by atoms with Gasteiger partial charge in [-0.3, -0.25) is 0 Å². The number of benzene rings is 1. The second-order valence-corrected chi connectivity index (χ2v) is 4.99. The zero-order chi connectivity index (χ0) is 13.4. The van der Waals surface area contributed by atoms with E-state index >= 15 is 0 Å². The summed E-state index contributed by atoms with van der Waals surface area (Å²) in [6.07, 6.45) is 2.96. The first-order valence-electron chi connectivity index (χ1n) is 6.62. The van der Waals surface area contributed by atoms with E-state index < -0.39 is 0 Å². The third-order valence-electron chi connectivity index (χ3n) is 3.28. The predicted octanol–water partition coefficient (Wildman–Crippen LogP) is 2.38. The van der Waals surface area contributed by atoms with Crippen LogP contribution in [0.2, 0.25) is 0 Å². The van der Waals surface area contributed by atoms with E-state index in [1.807, 2.05) is 12.1 Å². The number of methoxy groups -OCH3 is 1. The second-order valence-electron chi connectivity index (χ2n) is 4.99. The molecule has 3 heteroatoms. The molecule has 1 atom stereocenters. The Kier molecular flexibility index (Phi) is 6.16. The summed E-state index contributed by atoms with van der Waals surface area (Å²) in [6, 6.07) is 8.11. The van der Waals surface area contributed by atoms with Gasteiger partial charge in [0.25, 0.3) is 0 Å². The van der Waals surface area contributed by atoms with Gasteiger partial charge in [-0.1, -0.05) is 19.1 Å². The number of nitrogens with one attached hydrogen (secondary N) is 1. The van der Waals surface area contributed by atoms with Gasteiger partial charge in [0.15, 0.2) is 0 Å². The molecule has 0 aliphatic carbocycles. The van der Waals surface area contributed by atoms with E-state index in [4.69, 9.17) is 4.74 Å². The largest absolute Gasteiger partial charge is 0.497 e. The average Bonchev–Trinajstić information content (AvgIpc) is 2.43. The van der Waals surface area contributed by atoms with Gasteiger partial charge >= 0.3 is 0 Å². The lowest BCUT2D eigenvalue weighted by molar-refractivity contribution is 0.166. The van der Waals surface area contributed by atoms with E-state index in [1.165, 1.54) is 5.56 Å². The van der Waals surface area contributed by atoms with Gasteiger partial charge in [-0.15, -0.1) is 0 Å². The number of hydrogen-bond acceptors (Lipinski definition) is 3. The molecule has 0 spiro atoms. The van der Waals surface area contributed by atoms with Crippen molar-refractivity contribution in [3.8, 4) is 5.75 Å². The summed E-state index contributed by atoms with van der Waals surface area (Å²) < 4.78 is 5.14. The Bertz CT molecular complexity index is 337. The molecule has 1 aromatic rings. The minimum Gasteiger partial charge on any atom is -0.497 e. The highest BCUT2D eigenvalue weighted by Gasteiger charge is 2.21. The lowest BCUT2D eigenvalue weighted by Crippen LogP contribution is -2.46. The number of rotatable bonds is 8. The molecule has 3 nitrogen and oxygen atoms in total. The van der Waals surface area contributed by atoms with Crippen molar-refractivity contribution in [2.45, 2.75) is 38.6 Å². The maximum Gasteiger partial charge on any atom is 0.118 e. The predicted molar refractivity (Wildman–Crippen MR) is 75.1 cm³/mol. The molecule has 102 valence electrons.